The lowest BCUT2D eigenvalue weighted by atomic mass is 10.4. The van der Waals surface area contributed by atoms with Gasteiger partial charge in [0.25, 0.3) is 0 Å². The molecule has 2 N–H and O–H groups in total. The summed E-state index contributed by atoms with van der Waals surface area (Å²) in [6.07, 6.45) is 4.14. The highest BCUT2D eigenvalue weighted by Gasteiger charge is 2.19. The Morgan fingerprint density at radius 1 is 1.35 bits per heavy atom. The zero-order valence-corrected chi connectivity index (χ0v) is 9.90. The van der Waals surface area contributed by atoms with E-state index in [9.17, 15) is 0 Å². The minimum Gasteiger partial charge on any atom is -0.355 e. The van der Waals surface area contributed by atoms with Crippen molar-refractivity contribution in [3.05, 3.63) is 6.33 Å². The van der Waals surface area contributed by atoms with Crippen molar-refractivity contribution >= 4 is 22.9 Å². The topological polar surface area (TPSA) is 69.7 Å². The van der Waals surface area contributed by atoms with Crippen LogP contribution in [0.25, 0.3) is 11.2 Å². The molecule has 2 aromatic heterocycles. The quantitative estimate of drug-likeness (QED) is 0.836. The fraction of sp³-hybridized carbons (Fsp3) is 0.545. The van der Waals surface area contributed by atoms with Crippen LogP contribution < -0.4 is 10.2 Å². The molecular formula is C11H16N6. The van der Waals surface area contributed by atoms with Crippen molar-refractivity contribution in [2.75, 3.05) is 29.9 Å². The van der Waals surface area contributed by atoms with Crippen LogP contribution in [0.3, 0.4) is 0 Å². The second-order valence-electron chi connectivity index (χ2n) is 4.20. The molecule has 1 aliphatic rings. The maximum atomic E-state index is 4.58. The lowest BCUT2D eigenvalue weighted by Crippen LogP contribution is -2.20. The van der Waals surface area contributed by atoms with E-state index in [1.54, 1.807) is 6.33 Å². The molecule has 0 amide bonds. The highest BCUT2D eigenvalue weighted by molar-refractivity contribution is 5.84. The van der Waals surface area contributed by atoms with Crippen molar-refractivity contribution in [1.29, 1.82) is 0 Å². The normalized spacial score (nSPS) is 15.7. The number of anilines is 2. The zero-order chi connectivity index (χ0) is 11.7. The fourth-order valence-corrected chi connectivity index (χ4v) is 2.21. The molecule has 1 aliphatic heterocycles. The van der Waals surface area contributed by atoms with Gasteiger partial charge in [0.15, 0.2) is 11.5 Å². The molecule has 0 spiro atoms. The lowest BCUT2D eigenvalue weighted by molar-refractivity contribution is 0.934. The Morgan fingerprint density at radius 2 is 2.18 bits per heavy atom. The second kappa shape index (κ2) is 4.20. The predicted octanol–water partition coefficient (Wildman–Crippen LogP) is 1.38. The summed E-state index contributed by atoms with van der Waals surface area (Å²) in [6, 6.07) is 0. The van der Waals surface area contributed by atoms with E-state index in [-0.39, 0.29) is 0 Å². The van der Waals surface area contributed by atoms with Gasteiger partial charge in [-0.25, -0.2) is 4.98 Å². The first-order chi connectivity index (χ1) is 8.38. The number of aromatic amines is 1. The number of hydrogen-bond donors (Lipinski definition) is 2. The Balaban J connectivity index is 2.09. The van der Waals surface area contributed by atoms with Crippen LogP contribution in [0.15, 0.2) is 6.33 Å². The zero-order valence-electron chi connectivity index (χ0n) is 9.90. The molecule has 2 aromatic rings. The molecule has 6 heteroatoms. The van der Waals surface area contributed by atoms with Crippen LogP contribution in [0.1, 0.15) is 19.8 Å². The Labute approximate surface area is 99.5 Å². The minimum absolute atomic E-state index is 0.661. The third-order valence-corrected chi connectivity index (χ3v) is 3.01. The van der Waals surface area contributed by atoms with E-state index in [0.717, 1.165) is 36.6 Å². The van der Waals surface area contributed by atoms with Crippen LogP contribution in [-0.2, 0) is 0 Å². The van der Waals surface area contributed by atoms with Crippen LogP contribution in [-0.4, -0.2) is 39.6 Å². The molecule has 0 saturated carbocycles. The number of nitrogens with zero attached hydrogens (tertiary/aromatic N) is 4. The van der Waals surface area contributed by atoms with Crippen molar-refractivity contribution in [2.24, 2.45) is 0 Å². The third kappa shape index (κ3) is 1.79. The summed E-state index contributed by atoms with van der Waals surface area (Å²) in [5.74, 6) is 1.63. The van der Waals surface area contributed by atoms with Crippen LogP contribution in [0.4, 0.5) is 11.8 Å². The van der Waals surface area contributed by atoms with Crippen molar-refractivity contribution in [3.63, 3.8) is 0 Å². The van der Waals surface area contributed by atoms with Crippen molar-refractivity contribution in [1.82, 2.24) is 19.9 Å². The van der Waals surface area contributed by atoms with E-state index in [1.165, 1.54) is 12.8 Å². The van der Waals surface area contributed by atoms with Crippen LogP contribution in [0, 0.1) is 0 Å². The molecule has 90 valence electrons. The monoisotopic (exact) mass is 232 g/mol. The first-order valence-corrected chi connectivity index (χ1v) is 6.08. The van der Waals surface area contributed by atoms with Crippen molar-refractivity contribution < 1.29 is 0 Å². The number of hydrogen-bond acceptors (Lipinski definition) is 5. The summed E-state index contributed by atoms with van der Waals surface area (Å²) in [5, 5.41) is 3.15. The summed E-state index contributed by atoms with van der Waals surface area (Å²) >= 11 is 0. The first-order valence-electron chi connectivity index (χ1n) is 6.08. The Morgan fingerprint density at radius 3 is 2.94 bits per heavy atom. The number of aromatic nitrogens is 4. The molecule has 17 heavy (non-hydrogen) atoms. The number of fused-ring (bicyclic) bond motifs is 1. The third-order valence-electron chi connectivity index (χ3n) is 3.01. The van der Waals surface area contributed by atoms with Gasteiger partial charge in [-0.1, -0.05) is 0 Å². The Bertz CT molecular complexity index is 514. The van der Waals surface area contributed by atoms with E-state index in [0.29, 0.717) is 5.95 Å². The largest absolute Gasteiger partial charge is 0.355 e. The van der Waals surface area contributed by atoms with Gasteiger partial charge in [-0.3, -0.25) is 0 Å². The van der Waals surface area contributed by atoms with Gasteiger partial charge in [0, 0.05) is 19.6 Å². The SMILES string of the molecule is CCNc1nc(N2CCCC2)c2[nH]cnc2n1. The fourth-order valence-electron chi connectivity index (χ4n) is 2.21. The van der Waals surface area contributed by atoms with Gasteiger partial charge < -0.3 is 15.2 Å². The van der Waals surface area contributed by atoms with Crippen LogP contribution >= 0.6 is 0 Å². The number of nitrogens with one attached hydrogen (secondary N) is 2. The molecule has 0 aliphatic carbocycles. The van der Waals surface area contributed by atoms with Gasteiger partial charge >= 0.3 is 0 Å². The molecule has 0 bridgehead atoms. The van der Waals surface area contributed by atoms with Gasteiger partial charge in [0.2, 0.25) is 5.95 Å². The van der Waals surface area contributed by atoms with E-state index < -0.39 is 0 Å². The Kier molecular flexibility index (Phi) is 2.55. The lowest BCUT2D eigenvalue weighted by Gasteiger charge is -2.17. The summed E-state index contributed by atoms with van der Waals surface area (Å²) in [7, 11) is 0. The minimum atomic E-state index is 0.661. The van der Waals surface area contributed by atoms with E-state index in [2.05, 4.69) is 30.2 Å². The predicted molar refractivity (Wildman–Crippen MR) is 67.3 cm³/mol. The molecule has 0 aromatic carbocycles. The highest BCUT2D eigenvalue weighted by Crippen LogP contribution is 2.25. The van der Waals surface area contributed by atoms with E-state index in [4.69, 9.17) is 0 Å². The molecule has 1 saturated heterocycles. The van der Waals surface area contributed by atoms with Crippen LogP contribution in [0.2, 0.25) is 0 Å². The summed E-state index contributed by atoms with van der Waals surface area (Å²) in [4.78, 5) is 18.6. The number of H-pyrrole nitrogens is 1. The second-order valence-corrected chi connectivity index (χ2v) is 4.20. The van der Waals surface area contributed by atoms with E-state index >= 15 is 0 Å². The average molecular weight is 232 g/mol. The molecule has 6 nitrogen and oxygen atoms in total. The Hall–Kier alpha value is -1.85. The molecule has 0 radical (unpaired) electrons. The molecule has 0 atom stereocenters. The van der Waals surface area contributed by atoms with Gasteiger partial charge in [0.05, 0.1) is 6.33 Å². The number of rotatable bonds is 3. The van der Waals surface area contributed by atoms with Crippen molar-refractivity contribution in [2.45, 2.75) is 19.8 Å². The highest BCUT2D eigenvalue weighted by atomic mass is 15.3. The number of imidazole rings is 1. The standard InChI is InChI=1S/C11H16N6/c1-2-12-11-15-9-8(13-7-14-9)10(16-11)17-5-3-4-6-17/h7H,2-6H2,1H3,(H2,12,13,14,15,16). The summed E-state index contributed by atoms with van der Waals surface area (Å²) in [6.45, 7) is 4.98. The molecular weight excluding hydrogens is 216 g/mol. The van der Waals surface area contributed by atoms with Crippen molar-refractivity contribution in [3.8, 4) is 0 Å². The van der Waals surface area contributed by atoms with Gasteiger partial charge in [-0.05, 0) is 19.8 Å². The molecule has 1 fully saturated rings. The van der Waals surface area contributed by atoms with E-state index in [1.807, 2.05) is 6.92 Å². The maximum absolute atomic E-state index is 4.58. The van der Waals surface area contributed by atoms with Gasteiger partial charge in [-0.2, -0.15) is 9.97 Å². The molecule has 3 rings (SSSR count). The summed E-state index contributed by atoms with van der Waals surface area (Å²) < 4.78 is 0. The smallest absolute Gasteiger partial charge is 0.226 e. The van der Waals surface area contributed by atoms with Gasteiger partial charge in [0.1, 0.15) is 5.52 Å². The van der Waals surface area contributed by atoms with Gasteiger partial charge in [-0.15, -0.1) is 0 Å². The maximum Gasteiger partial charge on any atom is 0.226 e. The molecule has 0 unspecified atom stereocenters. The first kappa shape index (κ1) is 10.3. The van der Waals surface area contributed by atoms with Crippen LogP contribution in [0.5, 0.6) is 0 Å². The molecule has 3 heterocycles. The average Bonchev–Trinajstić information content (AvgIpc) is 2.99. The summed E-state index contributed by atoms with van der Waals surface area (Å²) in [5.41, 5.74) is 1.67.